The Hall–Kier alpha value is -1.76. The maximum absolute atomic E-state index is 12.6. The van der Waals surface area contributed by atoms with Crippen molar-refractivity contribution in [1.82, 2.24) is 15.2 Å². The molecule has 0 aliphatic rings. The molecule has 0 amide bonds. The predicted octanol–water partition coefficient (Wildman–Crippen LogP) is 2.49. The zero-order valence-electron chi connectivity index (χ0n) is 8.32. The second-order valence-corrected chi connectivity index (χ2v) is 3.10. The molecule has 0 bridgehead atoms. The molecule has 2 heterocycles. The average Bonchev–Trinajstić information content (AvgIpc) is 2.64. The molecule has 2 rings (SSSR count). The summed E-state index contributed by atoms with van der Waals surface area (Å²) in [6.07, 6.45) is -3.18. The third kappa shape index (κ3) is 2.68. The molecule has 92 valence electrons. The van der Waals surface area contributed by atoms with Gasteiger partial charge in [-0.15, -0.1) is 12.4 Å². The van der Waals surface area contributed by atoms with Gasteiger partial charge >= 0.3 is 6.18 Å². The summed E-state index contributed by atoms with van der Waals surface area (Å²) in [6, 6.07) is 3.49. The summed E-state index contributed by atoms with van der Waals surface area (Å²) in [6.45, 7) is 0. The van der Waals surface area contributed by atoms with Crippen LogP contribution in [0.3, 0.4) is 0 Å². The molecule has 0 unspecified atom stereocenters. The molecule has 17 heavy (non-hydrogen) atoms. The van der Waals surface area contributed by atoms with E-state index >= 15 is 0 Å². The summed E-state index contributed by atoms with van der Waals surface area (Å²) >= 11 is 0. The van der Waals surface area contributed by atoms with Crippen LogP contribution in [0.5, 0.6) is 0 Å². The van der Waals surface area contributed by atoms with Crippen molar-refractivity contribution in [2.75, 3.05) is 5.73 Å². The number of hydrogen-bond acceptors (Lipinski definition) is 3. The van der Waals surface area contributed by atoms with Gasteiger partial charge in [-0.2, -0.15) is 18.3 Å². The lowest BCUT2D eigenvalue weighted by Crippen LogP contribution is -2.08. The number of aromatic nitrogens is 3. The van der Waals surface area contributed by atoms with Crippen molar-refractivity contribution in [2.45, 2.75) is 6.18 Å². The van der Waals surface area contributed by atoms with E-state index in [4.69, 9.17) is 5.73 Å². The Kier molecular flexibility index (Phi) is 3.62. The molecule has 0 spiro atoms. The molecule has 2 aromatic heterocycles. The van der Waals surface area contributed by atoms with E-state index in [0.29, 0.717) is 0 Å². The summed E-state index contributed by atoms with van der Waals surface area (Å²) in [5.41, 5.74) is 4.44. The van der Waals surface area contributed by atoms with Crippen LogP contribution in [0.15, 0.2) is 24.4 Å². The van der Waals surface area contributed by atoms with Gasteiger partial charge in [-0.1, -0.05) is 0 Å². The van der Waals surface area contributed by atoms with Crippen LogP contribution in [0, 0.1) is 0 Å². The second kappa shape index (κ2) is 4.62. The van der Waals surface area contributed by atoms with Gasteiger partial charge in [0.1, 0.15) is 11.5 Å². The smallest absolute Gasteiger partial charge is 0.382 e. The number of nitrogens with zero attached hydrogens (tertiary/aromatic N) is 2. The molecule has 2 aromatic rings. The summed E-state index contributed by atoms with van der Waals surface area (Å²) in [5, 5.41) is 5.96. The fourth-order valence-corrected chi connectivity index (χ4v) is 1.31. The van der Waals surface area contributed by atoms with E-state index in [1.54, 1.807) is 0 Å². The van der Waals surface area contributed by atoms with Crippen LogP contribution >= 0.6 is 12.4 Å². The van der Waals surface area contributed by atoms with Crippen LogP contribution in [0.2, 0.25) is 0 Å². The number of rotatable bonds is 1. The minimum Gasteiger partial charge on any atom is -0.382 e. The summed E-state index contributed by atoms with van der Waals surface area (Å²) in [7, 11) is 0. The second-order valence-electron chi connectivity index (χ2n) is 3.10. The van der Waals surface area contributed by atoms with Gasteiger partial charge in [0.15, 0.2) is 0 Å². The maximum Gasteiger partial charge on any atom is 0.418 e. The first kappa shape index (κ1) is 13.3. The SMILES string of the molecule is Cl.Nc1cc(-c2ncccc2C(F)(F)F)[nH]n1. The van der Waals surface area contributed by atoms with E-state index in [1.165, 1.54) is 18.3 Å². The van der Waals surface area contributed by atoms with Crippen LogP contribution in [-0.2, 0) is 6.18 Å². The Balaban J connectivity index is 0.00000144. The number of halogens is 4. The van der Waals surface area contributed by atoms with E-state index in [1.807, 2.05) is 0 Å². The molecule has 8 heteroatoms. The van der Waals surface area contributed by atoms with Crippen LogP contribution in [-0.4, -0.2) is 15.2 Å². The molecular formula is C9H8ClF3N4. The van der Waals surface area contributed by atoms with Gasteiger partial charge in [0.05, 0.1) is 11.3 Å². The summed E-state index contributed by atoms with van der Waals surface area (Å²) < 4.78 is 37.9. The normalized spacial score (nSPS) is 11.0. The molecule has 0 atom stereocenters. The highest BCUT2D eigenvalue weighted by atomic mass is 35.5. The summed E-state index contributed by atoms with van der Waals surface area (Å²) in [4.78, 5) is 3.68. The van der Waals surface area contributed by atoms with Crippen LogP contribution < -0.4 is 5.73 Å². The minimum atomic E-state index is -4.45. The number of H-pyrrole nitrogens is 1. The van der Waals surface area contributed by atoms with Gasteiger partial charge in [-0.3, -0.25) is 10.1 Å². The highest BCUT2D eigenvalue weighted by Crippen LogP contribution is 2.35. The third-order valence-corrected chi connectivity index (χ3v) is 1.97. The van der Waals surface area contributed by atoms with Crippen molar-refractivity contribution in [3.63, 3.8) is 0 Å². The lowest BCUT2D eigenvalue weighted by atomic mass is 10.1. The molecule has 0 aliphatic carbocycles. The third-order valence-electron chi connectivity index (χ3n) is 1.97. The van der Waals surface area contributed by atoms with E-state index in [2.05, 4.69) is 15.2 Å². The highest BCUT2D eigenvalue weighted by molar-refractivity contribution is 5.85. The molecule has 0 saturated carbocycles. The van der Waals surface area contributed by atoms with E-state index < -0.39 is 11.7 Å². The van der Waals surface area contributed by atoms with Gasteiger partial charge in [0.2, 0.25) is 0 Å². The number of nitrogen functional groups attached to an aromatic ring is 1. The van der Waals surface area contributed by atoms with Gasteiger partial charge in [-0.05, 0) is 12.1 Å². The zero-order chi connectivity index (χ0) is 11.8. The van der Waals surface area contributed by atoms with E-state index in [9.17, 15) is 13.2 Å². The molecule has 0 aromatic carbocycles. The van der Waals surface area contributed by atoms with Crippen molar-refractivity contribution in [3.05, 3.63) is 30.0 Å². The first-order valence-electron chi connectivity index (χ1n) is 4.32. The molecular weight excluding hydrogens is 257 g/mol. The number of hydrogen-bond donors (Lipinski definition) is 2. The zero-order valence-corrected chi connectivity index (χ0v) is 9.14. The van der Waals surface area contributed by atoms with Gasteiger partial charge in [0, 0.05) is 12.3 Å². The van der Waals surface area contributed by atoms with Crippen molar-refractivity contribution in [1.29, 1.82) is 0 Å². The Morgan fingerprint density at radius 1 is 1.29 bits per heavy atom. The Labute approximate surface area is 100 Å². The number of alkyl halides is 3. The quantitative estimate of drug-likeness (QED) is 0.831. The van der Waals surface area contributed by atoms with Crippen molar-refractivity contribution < 1.29 is 13.2 Å². The maximum atomic E-state index is 12.6. The Bertz CT molecular complexity index is 509. The van der Waals surface area contributed by atoms with Crippen LogP contribution in [0.1, 0.15) is 5.56 Å². The van der Waals surface area contributed by atoms with Crippen LogP contribution in [0.25, 0.3) is 11.4 Å². The number of nitrogens with one attached hydrogen (secondary N) is 1. The molecule has 0 fully saturated rings. The standard InChI is InChI=1S/C9H7F3N4.ClH/c10-9(11,12)5-2-1-3-14-8(5)6-4-7(13)16-15-6;/h1-4H,(H3,13,15,16);1H. The average molecular weight is 265 g/mol. The highest BCUT2D eigenvalue weighted by Gasteiger charge is 2.34. The lowest BCUT2D eigenvalue weighted by Gasteiger charge is -2.09. The number of anilines is 1. The topological polar surface area (TPSA) is 67.6 Å². The Morgan fingerprint density at radius 2 is 2.00 bits per heavy atom. The van der Waals surface area contributed by atoms with E-state index in [-0.39, 0.29) is 29.6 Å². The summed E-state index contributed by atoms with van der Waals surface area (Å²) in [5.74, 6) is 0.119. The predicted molar refractivity (Wildman–Crippen MR) is 58.5 cm³/mol. The molecule has 0 saturated heterocycles. The van der Waals surface area contributed by atoms with Gasteiger partial charge in [0.25, 0.3) is 0 Å². The molecule has 0 radical (unpaired) electrons. The monoisotopic (exact) mass is 264 g/mol. The first-order chi connectivity index (χ1) is 7.48. The van der Waals surface area contributed by atoms with Crippen LogP contribution in [0.4, 0.5) is 19.0 Å². The number of aromatic amines is 1. The fraction of sp³-hybridized carbons (Fsp3) is 0.111. The molecule has 0 aliphatic heterocycles. The van der Waals surface area contributed by atoms with E-state index in [0.717, 1.165) is 6.07 Å². The van der Waals surface area contributed by atoms with Gasteiger partial charge < -0.3 is 5.73 Å². The van der Waals surface area contributed by atoms with Crippen molar-refractivity contribution in [2.24, 2.45) is 0 Å². The first-order valence-corrected chi connectivity index (χ1v) is 4.32. The van der Waals surface area contributed by atoms with Crippen molar-refractivity contribution >= 4 is 18.2 Å². The molecule has 3 N–H and O–H groups in total. The fourth-order valence-electron chi connectivity index (χ4n) is 1.31. The number of nitrogens with two attached hydrogens (primary N) is 1. The van der Waals surface area contributed by atoms with Crippen molar-refractivity contribution in [3.8, 4) is 11.4 Å². The molecule has 4 nitrogen and oxygen atoms in total. The minimum absolute atomic E-state index is 0. The Morgan fingerprint density at radius 3 is 2.53 bits per heavy atom. The largest absolute Gasteiger partial charge is 0.418 e. The van der Waals surface area contributed by atoms with Gasteiger partial charge in [-0.25, -0.2) is 0 Å². The lowest BCUT2D eigenvalue weighted by molar-refractivity contribution is -0.137. The number of pyridine rings is 1.